The molecular formula is C14H17BrN2O. The number of benzene rings is 1. The molecule has 1 aromatic carbocycles. The van der Waals surface area contributed by atoms with Crippen LogP contribution in [0.15, 0.2) is 27.1 Å². The second-order valence-corrected chi connectivity index (χ2v) is 5.74. The first-order chi connectivity index (χ1) is 8.83. The van der Waals surface area contributed by atoms with E-state index in [0.717, 1.165) is 40.8 Å². The van der Waals surface area contributed by atoms with Gasteiger partial charge in [-0.05, 0) is 53.9 Å². The molecule has 1 N–H and O–H groups in total. The van der Waals surface area contributed by atoms with Gasteiger partial charge >= 0.3 is 0 Å². The van der Waals surface area contributed by atoms with E-state index in [9.17, 15) is 0 Å². The molecule has 0 saturated carbocycles. The van der Waals surface area contributed by atoms with Gasteiger partial charge in [0, 0.05) is 12.5 Å². The zero-order valence-electron chi connectivity index (χ0n) is 10.3. The molecule has 1 aromatic heterocycles. The summed E-state index contributed by atoms with van der Waals surface area (Å²) in [5.41, 5.74) is 1.81. The molecule has 0 radical (unpaired) electrons. The van der Waals surface area contributed by atoms with Crippen LogP contribution < -0.4 is 5.32 Å². The molecule has 0 bridgehead atoms. The van der Waals surface area contributed by atoms with Crippen molar-refractivity contribution >= 4 is 27.0 Å². The zero-order valence-corrected chi connectivity index (χ0v) is 11.9. The van der Waals surface area contributed by atoms with E-state index in [1.54, 1.807) is 0 Å². The second kappa shape index (κ2) is 5.41. The summed E-state index contributed by atoms with van der Waals surface area (Å²) in [5, 5.41) is 3.56. The number of nitrogens with one attached hydrogen (secondary N) is 1. The lowest BCUT2D eigenvalue weighted by molar-refractivity contribution is 0.371. The van der Waals surface area contributed by atoms with Crippen LogP contribution in [0, 0.1) is 0 Å². The minimum atomic E-state index is 0.636. The van der Waals surface area contributed by atoms with Gasteiger partial charge in [-0.15, -0.1) is 0 Å². The number of rotatable bonds is 3. The quantitative estimate of drug-likeness (QED) is 0.940. The Kier molecular flexibility index (Phi) is 3.66. The van der Waals surface area contributed by atoms with E-state index >= 15 is 0 Å². The standard InChI is InChI=1S/C14H17BrN2O/c15-11-5-3-6-12-14(11)18-13(17-12)8-7-10-4-1-2-9-16-10/h3,5-6,10,16H,1-2,4,7-9H2. The van der Waals surface area contributed by atoms with Crippen molar-refractivity contribution in [3.63, 3.8) is 0 Å². The van der Waals surface area contributed by atoms with Crippen LogP contribution in [0.2, 0.25) is 0 Å². The third kappa shape index (κ3) is 2.59. The van der Waals surface area contributed by atoms with Crippen LogP contribution in [0.25, 0.3) is 11.1 Å². The average molecular weight is 309 g/mol. The molecule has 1 unspecified atom stereocenters. The van der Waals surface area contributed by atoms with E-state index in [0.29, 0.717) is 6.04 Å². The number of oxazole rings is 1. The Morgan fingerprint density at radius 2 is 2.33 bits per heavy atom. The molecule has 96 valence electrons. The van der Waals surface area contributed by atoms with E-state index in [-0.39, 0.29) is 0 Å². The predicted octanol–water partition coefficient (Wildman–Crippen LogP) is 3.67. The maximum atomic E-state index is 5.80. The highest BCUT2D eigenvalue weighted by Gasteiger charge is 2.14. The third-order valence-corrected chi connectivity index (χ3v) is 4.15. The minimum Gasteiger partial charge on any atom is -0.440 e. The summed E-state index contributed by atoms with van der Waals surface area (Å²) in [7, 11) is 0. The molecule has 3 nitrogen and oxygen atoms in total. The van der Waals surface area contributed by atoms with Crippen molar-refractivity contribution in [2.24, 2.45) is 0 Å². The zero-order chi connectivity index (χ0) is 12.4. The molecule has 0 amide bonds. The Morgan fingerprint density at radius 3 is 3.11 bits per heavy atom. The van der Waals surface area contributed by atoms with Crippen LogP contribution >= 0.6 is 15.9 Å². The first-order valence-electron chi connectivity index (χ1n) is 6.60. The van der Waals surface area contributed by atoms with Crippen LogP contribution in [0.4, 0.5) is 0 Å². The number of nitrogens with zero attached hydrogens (tertiary/aromatic N) is 1. The molecule has 1 saturated heterocycles. The van der Waals surface area contributed by atoms with Gasteiger partial charge in [-0.1, -0.05) is 12.5 Å². The molecule has 1 atom stereocenters. The third-order valence-electron chi connectivity index (χ3n) is 3.53. The number of halogens is 1. The van der Waals surface area contributed by atoms with Gasteiger partial charge in [0.15, 0.2) is 11.5 Å². The minimum absolute atomic E-state index is 0.636. The normalized spacial score (nSPS) is 20.4. The summed E-state index contributed by atoms with van der Waals surface area (Å²) < 4.78 is 6.79. The molecule has 1 aliphatic heterocycles. The Balaban J connectivity index is 1.69. The lowest BCUT2D eigenvalue weighted by atomic mass is 10.0. The Hall–Kier alpha value is -0.870. The average Bonchev–Trinajstić information content (AvgIpc) is 2.82. The maximum Gasteiger partial charge on any atom is 0.195 e. The Morgan fingerprint density at radius 1 is 1.39 bits per heavy atom. The lowest BCUT2D eigenvalue weighted by Crippen LogP contribution is -2.34. The van der Waals surface area contributed by atoms with Gasteiger partial charge in [0.25, 0.3) is 0 Å². The van der Waals surface area contributed by atoms with Crippen molar-refractivity contribution in [1.29, 1.82) is 0 Å². The highest BCUT2D eigenvalue weighted by atomic mass is 79.9. The molecular weight excluding hydrogens is 292 g/mol. The van der Waals surface area contributed by atoms with Crippen molar-refractivity contribution < 1.29 is 4.42 Å². The number of piperidine rings is 1. The second-order valence-electron chi connectivity index (χ2n) is 4.88. The Bertz CT molecular complexity index is 532. The smallest absolute Gasteiger partial charge is 0.195 e. The summed E-state index contributed by atoms with van der Waals surface area (Å²) in [4.78, 5) is 4.53. The fourth-order valence-electron chi connectivity index (χ4n) is 2.54. The summed E-state index contributed by atoms with van der Waals surface area (Å²) in [5.74, 6) is 0.851. The van der Waals surface area contributed by atoms with Gasteiger partial charge < -0.3 is 9.73 Å². The summed E-state index contributed by atoms with van der Waals surface area (Å²) in [6.45, 7) is 1.16. The molecule has 1 fully saturated rings. The van der Waals surface area contributed by atoms with Crippen LogP contribution in [0.3, 0.4) is 0 Å². The van der Waals surface area contributed by atoms with Gasteiger partial charge in [-0.25, -0.2) is 4.98 Å². The maximum absolute atomic E-state index is 5.80. The van der Waals surface area contributed by atoms with Crippen LogP contribution in [0.1, 0.15) is 31.6 Å². The summed E-state index contributed by atoms with van der Waals surface area (Å²) in [6, 6.07) is 6.60. The van der Waals surface area contributed by atoms with Gasteiger partial charge in [-0.3, -0.25) is 0 Å². The van der Waals surface area contributed by atoms with Crippen molar-refractivity contribution in [1.82, 2.24) is 10.3 Å². The molecule has 0 aliphatic carbocycles. The number of para-hydroxylation sites is 1. The van der Waals surface area contributed by atoms with E-state index in [4.69, 9.17) is 4.42 Å². The topological polar surface area (TPSA) is 38.1 Å². The molecule has 4 heteroatoms. The van der Waals surface area contributed by atoms with Crippen LogP contribution in [-0.2, 0) is 6.42 Å². The van der Waals surface area contributed by atoms with Crippen molar-refractivity contribution in [2.75, 3.05) is 6.54 Å². The van der Waals surface area contributed by atoms with Crippen molar-refractivity contribution in [3.05, 3.63) is 28.6 Å². The monoisotopic (exact) mass is 308 g/mol. The molecule has 18 heavy (non-hydrogen) atoms. The fourth-order valence-corrected chi connectivity index (χ4v) is 2.97. The Labute approximate surface area is 115 Å². The molecule has 2 aromatic rings. The predicted molar refractivity (Wildman–Crippen MR) is 75.7 cm³/mol. The van der Waals surface area contributed by atoms with Crippen molar-refractivity contribution in [3.8, 4) is 0 Å². The highest BCUT2D eigenvalue weighted by Crippen LogP contribution is 2.25. The lowest BCUT2D eigenvalue weighted by Gasteiger charge is -2.22. The van der Waals surface area contributed by atoms with E-state index in [1.807, 2.05) is 18.2 Å². The SMILES string of the molecule is Brc1cccc2nc(CCC3CCCCN3)oc12. The first-order valence-corrected chi connectivity index (χ1v) is 7.39. The summed E-state index contributed by atoms with van der Waals surface area (Å²) in [6.07, 6.45) is 5.97. The number of hydrogen-bond donors (Lipinski definition) is 1. The van der Waals surface area contributed by atoms with E-state index in [2.05, 4.69) is 26.2 Å². The highest BCUT2D eigenvalue weighted by molar-refractivity contribution is 9.10. The van der Waals surface area contributed by atoms with Crippen LogP contribution in [0.5, 0.6) is 0 Å². The number of aryl methyl sites for hydroxylation is 1. The van der Waals surface area contributed by atoms with E-state index in [1.165, 1.54) is 19.3 Å². The molecule has 2 heterocycles. The largest absolute Gasteiger partial charge is 0.440 e. The van der Waals surface area contributed by atoms with Gasteiger partial charge in [-0.2, -0.15) is 0 Å². The van der Waals surface area contributed by atoms with Gasteiger partial charge in [0.2, 0.25) is 0 Å². The number of fused-ring (bicyclic) bond motifs is 1. The van der Waals surface area contributed by atoms with Gasteiger partial charge in [0.05, 0.1) is 4.47 Å². The number of hydrogen-bond acceptors (Lipinski definition) is 3. The molecule has 0 spiro atoms. The number of aromatic nitrogens is 1. The fraction of sp³-hybridized carbons (Fsp3) is 0.500. The van der Waals surface area contributed by atoms with E-state index < -0.39 is 0 Å². The first kappa shape index (κ1) is 12.2. The van der Waals surface area contributed by atoms with Crippen molar-refractivity contribution in [2.45, 2.75) is 38.1 Å². The molecule has 1 aliphatic rings. The van der Waals surface area contributed by atoms with Crippen LogP contribution in [-0.4, -0.2) is 17.6 Å². The summed E-state index contributed by atoms with van der Waals surface area (Å²) >= 11 is 3.49. The van der Waals surface area contributed by atoms with Gasteiger partial charge in [0.1, 0.15) is 5.52 Å². The molecule has 3 rings (SSSR count).